The molecular weight excluding hydrogens is 392 g/mol. The van der Waals surface area contributed by atoms with Gasteiger partial charge in [0.15, 0.2) is 0 Å². The average Bonchev–Trinajstić information content (AvgIpc) is 3.11. The molecule has 0 aliphatic carbocycles. The van der Waals surface area contributed by atoms with E-state index in [4.69, 9.17) is 21.1 Å². The van der Waals surface area contributed by atoms with Gasteiger partial charge in [0, 0.05) is 6.54 Å². The van der Waals surface area contributed by atoms with Gasteiger partial charge in [-0.25, -0.2) is 4.79 Å². The van der Waals surface area contributed by atoms with Crippen molar-refractivity contribution in [3.05, 3.63) is 0 Å². The predicted molar refractivity (Wildman–Crippen MR) is 95.2 cm³/mol. The number of hydrogen-bond donors (Lipinski definition) is 7. The summed E-state index contributed by atoms with van der Waals surface area (Å²) in [6.45, 7) is 0.467. The van der Waals surface area contributed by atoms with Gasteiger partial charge in [-0.1, -0.05) is 0 Å². The third kappa shape index (κ3) is 6.66. The summed E-state index contributed by atoms with van der Waals surface area (Å²) in [4.78, 5) is 59.9. The molecule has 13 heteroatoms. The van der Waals surface area contributed by atoms with Crippen LogP contribution in [0.3, 0.4) is 0 Å². The summed E-state index contributed by atoms with van der Waals surface area (Å²) in [5.41, 5.74) is 5.57. The highest BCUT2D eigenvalue weighted by Gasteiger charge is 2.39. The van der Waals surface area contributed by atoms with Gasteiger partial charge in [0.1, 0.15) is 18.1 Å². The topological polar surface area (TPSA) is 220 Å². The fraction of sp³-hybridized carbons (Fsp3) is 0.688. The lowest BCUT2D eigenvalue weighted by molar-refractivity contribution is -0.145. The van der Waals surface area contributed by atoms with Crippen molar-refractivity contribution < 1.29 is 44.4 Å². The third-order valence-electron chi connectivity index (χ3n) is 4.41. The number of amides is 3. The molecule has 5 atom stereocenters. The molecule has 1 heterocycles. The predicted octanol–water partition coefficient (Wildman–Crippen LogP) is -3.79. The van der Waals surface area contributed by atoms with Gasteiger partial charge < -0.3 is 41.7 Å². The first-order valence-electron chi connectivity index (χ1n) is 8.89. The van der Waals surface area contributed by atoms with Gasteiger partial charge in [-0.3, -0.25) is 19.2 Å². The fourth-order valence-electron chi connectivity index (χ4n) is 2.89. The van der Waals surface area contributed by atoms with E-state index in [0.29, 0.717) is 6.42 Å². The zero-order chi connectivity index (χ0) is 22.3. The minimum atomic E-state index is -1.63. The summed E-state index contributed by atoms with van der Waals surface area (Å²) < 4.78 is 0. The number of nitrogens with zero attached hydrogens (tertiary/aromatic N) is 1. The van der Waals surface area contributed by atoms with Crippen molar-refractivity contribution in [1.29, 1.82) is 0 Å². The van der Waals surface area contributed by atoms with Crippen LogP contribution in [0.15, 0.2) is 0 Å². The summed E-state index contributed by atoms with van der Waals surface area (Å²) in [7, 11) is 0. The fourth-order valence-corrected chi connectivity index (χ4v) is 2.89. The van der Waals surface area contributed by atoms with Crippen LogP contribution >= 0.6 is 0 Å². The first-order valence-corrected chi connectivity index (χ1v) is 8.89. The van der Waals surface area contributed by atoms with Crippen LogP contribution in [0, 0.1) is 0 Å². The number of carboxylic acids is 2. The van der Waals surface area contributed by atoms with E-state index in [9.17, 15) is 29.1 Å². The maximum Gasteiger partial charge on any atom is 0.328 e. The van der Waals surface area contributed by atoms with Crippen molar-refractivity contribution >= 4 is 29.7 Å². The number of nitrogens with one attached hydrogen (secondary N) is 2. The highest BCUT2D eigenvalue weighted by molar-refractivity contribution is 5.95. The molecule has 1 fully saturated rings. The Bertz CT molecular complexity index is 654. The number of likely N-dealkylation sites (tertiary alicyclic amines) is 1. The normalized spacial score (nSPS) is 20.3. The number of carboxylic acid groups (broad SMARTS) is 2. The molecule has 0 aromatic heterocycles. The lowest BCUT2D eigenvalue weighted by Gasteiger charge is -2.29. The Labute approximate surface area is 165 Å². The third-order valence-corrected chi connectivity index (χ3v) is 4.41. The van der Waals surface area contributed by atoms with E-state index in [-0.39, 0.29) is 13.0 Å². The molecule has 0 saturated carbocycles. The molecule has 8 N–H and O–H groups in total. The Morgan fingerprint density at radius 2 is 1.79 bits per heavy atom. The van der Waals surface area contributed by atoms with E-state index in [1.165, 1.54) is 6.92 Å². The van der Waals surface area contributed by atoms with Crippen molar-refractivity contribution in [2.45, 2.75) is 56.5 Å². The molecule has 29 heavy (non-hydrogen) atoms. The van der Waals surface area contributed by atoms with Crippen molar-refractivity contribution in [2.75, 3.05) is 13.2 Å². The number of hydrogen-bond acceptors (Lipinski definition) is 8. The average molecular weight is 418 g/mol. The second-order valence-electron chi connectivity index (χ2n) is 6.70. The quantitative estimate of drug-likeness (QED) is 0.183. The van der Waals surface area contributed by atoms with Crippen LogP contribution in [-0.2, 0) is 24.0 Å². The Morgan fingerprint density at radius 3 is 2.28 bits per heavy atom. The molecule has 1 saturated heterocycles. The van der Waals surface area contributed by atoms with Gasteiger partial charge in [0.25, 0.3) is 0 Å². The number of carbonyl (C=O) groups excluding carboxylic acids is 3. The molecule has 0 unspecified atom stereocenters. The standard InChI is InChI=1S/C16H26N4O9/c1-7(22)12(14(26)18-9(6-21)16(28)29)19-13(25)10-3-2-4-20(10)15(27)8(17)5-11(23)24/h7-10,12,21-22H,2-6,17H2,1H3,(H,18,26)(H,19,25)(H,23,24)(H,28,29)/t7-,8+,9+,10+,12+/m1/s1. The van der Waals surface area contributed by atoms with Gasteiger partial charge in [-0.05, 0) is 19.8 Å². The van der Waals surface area contributed by atoms with E-state index in [2.05, 4.69) is 5.32 Å². The lowest BCUT2D eigenvalue weighted by atomic mass is 10.1. The van der Waals surface area contributed by atoms with E-state index in [1.54, 1.807) is 0 Å². The molecule has 13 nitrogen and oxygen atoms in total. The van der Waals surface area contributed by atoms with Gasteiger partial charge in [-0.2, -0.15) is 0 Å². The second kappa shape index (κ2) is 10.7. The van der Waals surface area contributed by atoms with E-state index < -0.39 is 73.0 Å². The molecule has 0 radical (unpaired) electrons. The van der Waals surface area contributed by atoms with E-state index in [1.807, 2.05) is 5.32 Å². The van der Waals surface area contributed by atoms with Crippen molar-refractivity contribution in [3.8, 4) is 0 Å². The lowest BCUT2D eigenvalue weighted by Crippen LogP contribution is -2.59. The van der Waals surface area contributed by atoms with E-state index >= 15 is 0 Å². The summed E-state index contributed by atoms with van der Waals surface area (Å²) in [5.74, 6) is -5.32. The first-order chi connectivity index (χ1) is 13.5. The number of nitrogens with two attached hydrogens (primary N) is 1. The maximum absolute atomic E-state index is 12.6. The minimum absolute atomic E-state index is 0.168. The van der Waals surface area contributed by atoms with Gasteiger partial charge in [-0.15, -0.1) is 0 Å². The molecule has 1 aliphatic rings. The molecule has 3 amide bonds. The zero-order valence-electron chi connectivity index (χ0n) is 15.8. The largest absolute Gasteiger partial charge is 0.481 e. The monoisotopic (exact) mass is 418 g/mol. The molecule has 0 bridgehead atoms. The summed E-state index contributed by atoms with van der Waals surface area (Å²) >= 11 is 0. The van der Waals surface area contributed by atoms with Crippen LogP contribution in [0.2, 0.25) is 0 Å². The van der Waals surface area contributed by atoms with Crippen LogP contribution in [-0.4, -0.2) is 98.4 Å². The molecule has 0 spiro atoms. The Hall–Kier alpha value is -2.77. The van der Waals surface area contributed by atoms with Crippen LogP contribution < -0.4 is 16.4 Å². The molecule has 1 rings (SSSR count). The SMILES string of the molecule is C[C@@H](O)[C@H](NC(=O)[C@@H]1CCCN1C(=O)[C@@H](N)CC(=O)O)C(=O)N[C@@H](CO)C(=O)O. The Kier molecular flexibility index (Phi) is 8.94. The van der Waals surface area contributed by atoms with E-state index in [0.717, 1.165) is 4.90 Å². The Morgan fingerprint density at radius 1 is 1.17 bits per heavy atom. The highest BCUT2D eigenvalue weighted by Crippen LogP contribution is 2.19. The minimum Gasteiger partial charge on any atom is -0.481 e. The van der Waals surface area contributed by atoms with Crippen LogP contribution in [0.5, 0.6) is 0 Å². The van der Waals surface area contributed by atoms with Crippen molar-refractivity contribution in [1.82, 2.24) is 15.5 Å². The summed E-state index contributed by atoms with van der Waals surface area (Å²) in [6, 6.07) is -5.53. The number of aliphatic hydroxyl groups excluding tert-OH is 2. The van der Waals surface area contributed by atoms with Gasteiger partial charge >= 0.3 is 11.9 Å². The molecule has 0 aromatic carbocycles. The van der Waals surface area contributed by atoms with Gasteiger partial charge in [0.2, 0.25) is 17.7 Å². The van der Waals surface area contributed by atoms with Crippen LogP contribution in [0.4, 0.5) is 0 Å². The molecule has 164 valence electrons. The molecular formula is C16H26N4O9. The Balaban J connectivity index is 2.86. The van der Waals surface area contributed by atoms with Crippen molar-refractivity contribution in [2.24, 2.45) is 5.73 Å². The van der Waals surface area contributed by atoms with Gasteiger partial charge in [0.05, 0.1) is 25.2 Å². The number of carbonyl (C=O) groups is 5. The summed E-state index contributed by atoms with van der Waals surface area (Å²) in [6.07, 6.45) is -1.34. The van der Waals surface area contributed by atoms with Crippen molar-refractivity contribution in [3.63, 3.8) is 0 Å². The first kappa shape index (κ1) is 24.3. The second-order valence-corrected chi connectivity index (χ2v) is 6.70. The summed E-state index contributed by atoms with van der Waals surface area (Å²) in [5, 5.41) is 40.7. The van der Waals surface area contributed by atoms with Crippen LogP contribution in [0.25, 0.3) is 0 Å². The number of aliphatic carboxylic acids is 2. The maximum atomic E-state index is 12.6. The smallest absolute Gasteiger partial charge is 0.328 e. The zero-order valence-corrected chi connectivity index (χ0v) is 15.8. The molecule has 0 aromatic rings. The number of aliphatic hydroxyl groups is 2. The highest BCUT2D eigenvalue weighted by atomic mass is 16.4. The molecule has 1 aliphatic heterocycles. The number of rotatable bonds is 10. The van der Waals surface area contributed by atoms with Crippen LogP contribution in [0.1, 0.15) is 26.2 Å².